The number of H-pyrrole nitrogens is 1. The van der Waals surface area contributed by atoms with Crippen LogP contribution in [0.2, 0.25) is 0 Å². The van der Waals surface area contributed by atoms with Crippen LogP contribution in [0, 0.1) is 0 Å². The second-order valence-corrected chi connectivity index (χ2v) is 7.26. The summed E-state index contributed by atoms with van der Waals surface area (Å²) in [5.74, 6) is 1.24. The zero-order valence-electron chi connectivity index (χ0n) is 15.0. The normalized spacial score (nSPS) is 15.3. The lowest BCUT2D eigenvalue weighted by molar-refractivity contribution is -0.764. The van der Waals surface area contributed by atoms with Crippen LogP contribution >= 0.6 is 11.8 Å². The van der Waals surface area contributed by atoms with Crippen LogP contribution in [0.15, 0.2) is 57.0 Å². The number of aromatic nitrogens is 3. The lowest BCUT2D eigenvalue weighted by Gasteiger charge is -2.30. The Morgan fingerprint density at radius 1 is 1.30 bits per heavy atom. The highest BCUT2D eigenvalue weighted by molar-refractivity contribution is 7.99. The van der Waals surface area contributed by atoms with E-state index in [1.165, 1.54) is 11.8 Å². The van der Waals surface area contributed by atoms with Gasteiger partial charge in [0.2, 0.25) is 11.1 Å². The summed E-state index contributed by atoms with van der Waals surface area (Å²) in [6, 6.07) is 10.9. The van der Waals surface area contributed by atoms with Gasteiger partial charge in [0.25, 0.3) is 0 Å². The van der Waals surface area contributed by atoms with Crippen molar-refractivity contribution in [2.45, 2.75) is 31.6 Å². The van der Waals surface area contributed by atoms with E-state index in [9.17, 15) is 9.59 Å². The van der Waals surface area contributed by atoms with Crippen LogP contribution in [0.3, 0.4) is 0 Å². The molecule has 0 spiro atoms. The Balaban J connectivity index is 2.06. The van der Waals surface area contributed by atoms with E-state index in [0.29, 0.717) is 34.3 Å². The van der Waals surface area contributed by atoms with Crippen molar-refractivity contribution in [2.24, 2.45) is 0 Å². The minimum atomic E-state index is -0.657. The van der Waals surface area contributed by atoms with E-state index in [4.69, 9.17) is 4.42 Å². The number of hydrogen-bond acceptors (Lipinski definition) is 5. The Hall–Kier alpha value is -2.87. The average Bonchev–Trinajstić information content (AvgIpc) is 3.20. The number of nitrogens with zero attached hydrogens (tertiary/aromatic N) is 3. The molecule has 3 aromatic rings. The van der Waals surface area contributed by atoms with Crippen molar-refractivity contribution in [1.82, 2.24) is 10.1 Å². The van der Waals surface area contributed by atoms with Crippen molar-refractivity contribution in [3.05, 3.63) is 58.8 Å². The summed E-state index contributed by atoms with van der Waals surface area (Å²) in [6.07, 6.45) is 1.22. The molecule has 1 amide bonds. The first-order chi connectivity index (χ1) is 13.2. The van der Waals surface area contributed by atoms with E-state index in [2.05, 4.69) is 10.1 Å². The van der Waals surface area contributed by atoms with Gasteiger partial charge in [-0.3, -0.25) is 14.6 Å². The molecular weight excluding hydrogens is 364 g/mol. The Morgan fingerprint density at radius 3 is 2.81 bits per heavy atom. The number of amides is 1. The molecule has 0 aliphatic carbocycles. The number of fused-ring (bicyclic) bond motifs is 3. The molecule has 27 heavy (non-hydrogen) atoms. The summed E-state index contributed by atoms with van der Waals surface area (Å²) in [5, 5.41) is 5.14. The van der Waals surface area contributed by atoms with Gasteiger partial charge in [0, 0.05) is 11.5 Å². The van der Waals surface area contributed by atoms with Gasteiger partial charge in [-0.25, -0.2) is 4.90 Å². The quantitative estimate of drug-likeness (QED) is 0.553. The third kappa shape index (κ3) is 2.86. The maximum absolute atomic E-state index is 12.9. The Kier molecular flexibility index (Phi) is 4.57. The number of thioether (sulfide) groups is 1. The SMILES string of the molecule is CCSc1n[n+]2c(c(=O)[nH]1)-c1ccccc1N(C(=O)CC)C2c1ccco1. The summed E-state index contributed by atoms with van der Waals surface area (Å²) in [7, 11) is 0. The van der Waals surface area contributed by atoms with Crippen molar-refractivity contribution in [3.63, 3.8) is 0 Å². The van der Waals surface area contributed by atoms with Crippen molar-refractivity contribution in [2.75, 3.05) is 10.7 Å². The minimum Gasteiger partial charge on any atom is -0.460 e. The van der Waals surface area contributed by atoms with Gasteiger partial charge < -0.3 is 4.42 Å². The molecule has 0 saturated heterocycles. The van der Waals surface area contributed by atoms with Gasteiger partial charge in [0.1, 0.15) is 0 Å². The largest absolute Gasteiger partial charge is 0.460 e. The second-order valence-electron chi connectivity index (χ2n) is 6.01. The third-order valence-corrected chi connectivity index (χ3v) is 5.15. The van der Waals surface area contributed by atoms with Crippen LogP contribution in [-0.2, 0) is 4.79 Å². The molecule has 1 aliphatic rings. The fourth-order valence-electron chi connectivity index (χ4n) is 3.31. The number of carbonyl (C=O) groups excluding carboxylic acids is 1. The number of furan rings is 1. The molecule has 1 unspecified atom stereocenters. The maximum atomic E-state index is 12.9. The summed E-state index contributed by atoms with van der Waals surface area (Å²) < 4.78 is 7.24. The van der Waals surface area contributed by atoms with Gasteiger partial charge in [0.05, 0.1) is 17.5 Å². The Labute approximate surface area is 160 Å². The number of carbonyl (C=O) groups is 1. The molecule has 3 heterocycles. The Bertz CT molecular complexity index is 1050. The molecule has 1 atom stereocenters. The van der Waals surface area contributed by atoms with E-state index < -0.39 is 6.17 Å². The fraction of sp³-hybridized carbons (Fsp3) is 0.263. The first-order valence-corrected chi connectivity index (χ1v) is 9.78. The van der Waals surface area contributed by atoms with E-state index in [1.807, 2.05) is 38.1 Å². The number of aromatic amines is 1. The number of rotatable bonds is 4. The van der Waals surface area contributed by atoms with Crippen LogP contribution in [-0.4, -0.2) is 21.7 Å². The molecule has 0 fully saturated rings. The van der Waals surface area contributed by atoms with Gasteiger partial charge in [-0.2, -0.15) is 0 Å². The van der Waals surface area contributed by atoms with E-state index in [1.54, 1.807) is 28.0 Å². The summed E-state index contributed by atoms with van der Waals surface area (Å²) in [6.45, 7) is 3.80. The first kappa shape index (κ1) is 17.5. The fourth-order valence-corrected chi connectivity index (χ4v) is 3.89. The zero-order chi connectivity index (χ0) is 19.0. The second kappa shape index (κ2) is 7.03. The predicted octanol–water partition coefficient (Wildman–Crippen LogP) is 2.73. The molecule has 1 aliphatic heterocycles. The van der Waals surface area contributed by atoms with Crippen LogP contribution in [0.1, 0.15) is 32.2 Å². The van der Waals surface area contributed by atoms with Gasteiger partial charge >= 0.3 is 17.4 Å². The average molecular weight is 383 g/mol. The number of hydrogen-bond donors (Lipinski definition) is 1. The molecule has 138 valence electrons. The number of para-hydroxylation sites is 1. The standard InChI is InChI=1S/C19H18N4O3S/c1-3-15(24)22-13-9-6-5-8-12(13)16-17(25)20-19(27-4-2)21-23(16)18(22)14-10-7-11-26-14/h5-11,18H,3-4H2,1-2H3/p+1. The maximum Gasteiger partial charge on any atom is 0.325 e. The van der Waals surface area contributed by atoms with Crippen molar-refractivity contribution < 1.29 is 13.9 Å². The molecule has 2 aromatic heterocycles. The molecule has 4 rings (SSSR count). The highest BCUT2D eigenvalue weighted by Crippen LogP contribution is 2.37. The molecule has 1 aromatic carbocycles. The van der Waals surface area contributed by atoms with Crippen molar-refractivity contribution in [3.8, 4) is 11.3 Å². The van der Waals surface area contributed by atoms with Crippen molar-refractivity contribution >= 4 is 23.4 Å². The molecule has 0 saturated carbocycles. The van der Waals surface area contributed by atoms with E-state index >= 15 is 0 Å². The first-order valence-electron chi connectivity index (χ1n) is 8.79. The predicted molar refractivity (Wildman–Crippen MR) is 102 cm³/mol. The van der Waals surface area contributed by atoms with Gasteiger partial charge in [-0.15, -0.1) is 0 Å². The molecule has 7 nitrogen and oxygen atoms in total. The molecular formula is C19H19N4O3S+. The number of anilines is 1. The van der Waals surface area contributed by atoms with Gasteiger partial charge in [0.15, 0.2) is 5.76 Å². The lowest BCUT2D eigenvalue weighted by Crippen LogP contribution is -2.60. The smallest absolute Gasteiger partial charge is 0.325 e. The lowest BCUT2D eigenvalue weighted by atomic mass is 10.0. The van der Waals surface area contributed by atoms with E-state index in [-0.39, 0.29) is 11.5 Å². The minimum absolute atomic E-state index is 0.0752. The molecule has 0 radical (unpaired) electrons. The number of benzene rings is 1. The zero-order valence-corrected chi connectivity index (χ0v) is 15.8. The summed E-state index contributed by atoms with van der Waals surface area (Å²) >= 11 is 1.44. The molecule has 0 bridgehead atoms. The van der Waals surface area contributed by atoms with Crippen LogP contribution in [0.5, 0.6) is 0 Å². The molecule has 8 heteroatoms. The van der Waals surface area contributed by atoms with Crippen LogP contribution in [0.25, 0.3) is 11.3 Å². The van der Waals surface area contributed by atoms with Crippen LogP contribution < -0.4 is 15.1 Å². The summed E-state index contributed by atoms with van der Waals surface area (Å²) in [4.78, 5) is 30.3. The topological polar surface area (TPSA) is 83.1 Å². The third-order valence-electron chi connectivity index (χ3n) is 4.41. The summed E-state index contributed by atoms with van der Waals surface area (Å²) in [5.41, 5.74) is 1.51. The highest BCUT2D eigenvalue weighted by Gasteiger charge is 2.46. The number of nitrogens with one attached hydrogen (secondary N) is 1. The highest BCUT2D eigenvalue weighted by atomic mass is 32.2. The van der Waals surface area contributed by atoms with Crippen molar-refractivity contribution in [1.29, 1.82) is 0 Å². The van der Waals surface area contributed by atoms with E-state index in [0.717, 1.165) is 5.75 Å². The monoisotopic (exact) mass is 383 g/mol. The van der Waals surface area contributed by atoms with Crippen LogP contribution in [0.4, 0.5) is 5.69 Å². The van der Waals surface area contributed by atoms with Gasteiger partial charge in [-0.1, -0.05) is 37.7 Å². The Morgan fingerprint density at radius 2 is 2.11 bits per heavy atom. The van der Waals surface area contributed by atoms with Gasteiger partial charge in [-0.05, 0) is 34.7 Å². The molecule has 1 N–H and O–H groups in total.